The van der Waals surface area contributed by atoms with Crippen LogP contribution in [0.5, 0.6) is 0 Å². The lowest BCUT2D eigenvalue weighted by molar-refractivity contribution is -0.124. The van der Waals surface area contributed by atoms with E-state index in [1.165, 1.54) is 0 Å². The summed E-state index contributed by atoms with van der Waals surface area (Å²) in [7, 11) is 3.87. The molecule has 0 aliphatic carbocycles. The number of nitrogens with one attached hydrogen (secondary N) is 2. The summed E-state index contributed by atoms with van der Waals surface area (Å²) in [5.41, 5.74) is 0.891. The Hall–Kier alpha value is -2.64. The molecule has 0 radical (unpaired) electrons. The highest BCUT2D eigenvalue weighted by Crippen LogP contribution is 2.11. The second-order valence-corrected chi connectivity index (χ2v) is 5.47. The van der Waals surface area contributed by atoms with E-state index in [1.807, 2.05) is 38.9 Å². The van der Waals surface area contributed by atoms with Crippen LogP contribution in [0.1, 0.15) is 18.7 Å². The zero-order chi connectivity index (χ0) is 16.8. The Morgan fingerprint density at radius 1 is 1.35 bits per heavy atom. The highest BCUT2D eigenvalue weighted by atomic mass is 16.2. The van der Waals surface area contributed by atoms with Gasteiger partial charge in [-0.3, -0.25) is 9.48 Å². The van der Waals surface area contributed by atoms with Gasteiger partial charge in [0.05, 0.1) is 0 Å². The molecular formula is C15H23N7O. The normalized spacial score (nSPS) is 11.8. The van der Waals surface area contributed by atoms with Crippen molar-refractivity contribution in [2.75, 3.05) is 37.4 Å². The quantitative estimate of drug-likeness (QED) is 0.736. The number of nitrogens with zero attached hydrogens (tertiary/aromatic N) is 5. The van der Waals surface area contributed by atoms with E-state index < -0.39 is 0 Å². The number of aromatic nitrogens is 4. The topological polar surface area (TPSA) is 88.0 Å². The van der Waals surface area contributed by atoms with Gasteiger partial charge in [-0.25, -0.2) is 4.98 Å². The first-order valence-electron chi connectivity index (χ1n) is 7.51. The molecule has 0 bridgehead atoms. The van der Waals surface area contributed by atoms with E-state index in [0.717, 1.165) is 11.5 Å². The Kier molecular flexibility index (Phi) is 5.51. The number of hydrogen-bond donors (Lipinski definition) is 2. The van der Waals surface area contributed by atoms with Crippen LogP contribution in [-0.4, -0.2) is 52.8 Å². The van der Waals surface area contributed by atoms with Crippen LogP contribution in [0.25, 0.3) is 0 Å². The SMILES string of the molecule is Cc1cc(N(C)C)nc(NCCNC(=O)C(C)n2cccn2)n1. The van der Waals surface area contributed by atoms with Gasteiger partial charge in [0.1, 0.15) is 11.9 Å². The molecule has 2 aromatic heterocycles. The van der Waals surface area contributed by atoms with E-state index in [2.05, 4.69) is 25.7 Å². The molecule has 8 nitrogen and oxygen atoms in total. The first kappa shape index (κ1) is 16.7. The summed E-state index contributed by atoms with van der Waals surface area (Å²) in [4.78, 5) is 22.7. The Labute approximate surface area is 135 Å². The van der Waals surface area contributed by atoms with Crippen LogP contribution < -0.4 is 15.5 Å². The van der Waals surface area contributed by atoms with Crippen LogP contribution in [0.2, 0.25) is 0 Å². The fourth-order valence-electron chi connectivity index (χ4n) is 2.00. The van der Waals surface area contributed by atoms with Gasteiger partial charge in [0.2, 0.25) is 11.9 Å². The van der Waals surface area contributed by atoms with Gasteiger partial charge in [-0.1, -0.05) is 0 Å². The van der Waals surface area contributed by atoms with E-state index in [0.29, 0.717) is 19.0 Å². The predicted octanol–water partition coefficient (Wildman–Crippen LogP) is 0.837. The number of carbonyl (C=O) groups is 1. The molecule has 2 heterocycles. The maximum absolute atomic E-state index is 12.0. The van der Waals surface area contributed by atoms with Crippen molar-refractivity contribution in [2.45, 2.75) is 19.9 Å². The van der Waals surface area contributed by atoms with E-state index in [1.54, 1.807) is 23.1 Å². The summed E-state index contributed by atoms with van der Waals surface area (Å²) in [5.74, 6) is 1.33. The Bertz CT molecular complexity index is 639. The lowest BCUT2D eigenvalue weighted by Gasteiger charge is -2.15. The van der Waals surface area contributed by atoms with Gasteiger partial charge in [-0.15, -0.1) is 0 Å². The molecular weight excluding hydrogens is 294 g/mol. The smallest absolute Gasteiger partial charge is 0.244 e. The van der Waals surface area contributed by atoms with Gasteiger partial charge in [0.25, 0.3) is 0 Å². The van der Waals surface area contributed by atoms with Crippen molar-refractivity contribution in [2.24, 2.45) is 0 Å². The molecule has 1 unspecified atom stereocenters. The third-order valence-corrected chi connectivity index (χ3v) is 3.31. The largest absolute Gasteiger partial charge is 0.363 e. The second-order valence-electron chi connectivity index (χ2n) is 5.47. The fraction of sp³-hybridized carbons (Fsp3) is 0.467. The lowest BCUT2D eigenvalue weighted by Crippen LogP contribution is -2.34. The van der Waals surface area contributed by atoms with Gasteiger partial charge in [0.15, 0.2) is 0 Å². The van der Waals surface area contributed by atoms with Crippen LogP contribution in [-0.2, 0) is 4.79 Å². The molecule has 1 atom stereocenters. The summed E-state index contributed by atoms with van der Waals surface area (Å²) in [6, 6.07) is 3.38. The predicted molar refractivity (Wildman–Crippen MR) is 89.5 cm³/mol. The molecule has 0 aliphatic rings. The number of hydrogen-bond acceptors (Lipinski definition) is 6. The van der Waals surface area contributed by atoms with Crippen molar-refractivity contribution in [1.82, 2.24) is 25.1 Å². The van der Waals surface area contributed by atoms with E-state index in [9.17, 15) is 4.79 Å². The highest BCUT2D eigenvalue weighted by molar-refractivity contribution is 5.79. The van der Waals surface area contributed by atoms with Crippen LogP contribution in [0, 0.1) is 6.92 Å². The highest BCUT2D eigenvalue weighted by Gasteiger charge is 2.13. The zero-order valence-corrected chi connectivity index (χ0v) is 13.9. The number of amides is 1. The molecule has 124 valence electrons. The van der Waals surface area contributed by atoms with Crippen molar-refractivity contribution >= 4 is 17.7 Å². The van der Waals surface area contributed by atoms with Gasteiger partial charge in [-0.2, -0.15) is 10.1 Å². The molecule has 0 aliphatic heterocycles. The second kappa shape index (κ2) is 7.57. The molecule has 0 aromatic carbocycles. The van der Waals surface area contributed by atoms with Gasteiger partial charge in [-0.05, 0) is 19.9 Å². The molecule has 0 fully saturated rings. The third kappa shape index (κ3) is 4.67. The summed E-state index contributed by atoms with van der Waals surface area (Å²) in [5, 5.41) is 10.1. The average Bonchev–Trinajstić information content (AvgIpc) is 3.04. The minimum atomic E-state index is -0.333. The summed E-state index contributed by atoms with van der Waals surface area (Å²) in [6.45, 7) is 4.77. The number of aryl methyl sites for hydroxylation is 1. The molecule has 1 amide bonds. The van der Waals surface area contributed by atoms with Crippen LogP contribution in [0.4, 0.5) is 11.8 Å². The molecule has 0 saturated heterocycles. The van der Waals surface area contributed by atoms with Gasteiger partial charge in [0, 0.05) is 51.3 Å². The number of carbonyl (C=O) groups excluding carboxylic acids is 1. The molecule has 2 rings (SSSR count). The maximum Gasteiger partial charge on any atom is 0.244 e. The zero-order valence-electron chi connectivity index (χ0n) is 13.9. The molecule has 2 N–H and O–H groups in total. The molecule has 23 heavy (non-hydrogen) atoms. The standard InChI is InChI=1S/C15H23N7O/c1-11-10-13(21(3)4)20-15(19-11)17-8-7-16-14(23)12(2)22-9-5-6-18-22/h5-6,9-10,12H,7-8H2,1-4H3,(H,16,23)(H,17,19,20). The first-order valence-corrected chi connectivity index (χ1v) is 7.51. The molecule has 0 spiro atoms. The number of rotatable bonds is 7. The van der Waals surface area contributed by atoms with E-state index in [-0.39, 0.29) is 11.9 Å². The van der Waals surface area contributed by atoms with Crippen molar-refractivity contribution in [3.8, 4) is 0 Å². The third-order valence-electron chi connectivity index (χ3n) is 3.31. The minimum absolute atomic E-state index is 0.0744. The average molecular weight is 317 g/mol. The monoisotopic (exact) mass is 317 g/mol. The van der Waals surface area contributed by atoms with E-state index >= 15 is 0 Å². The van der Waals surface area contributed by atoms with Crippen LogP contribution >= 0.6 is 0 Å². The molecule has 8 heteroatoms. The van der Waals surface area contributed by atoms with Crippen molar-refractivity contribution < 1.29 is 4.79 Å². The summed E-state index contributed by atoms with van der Waals surface area (Å²) < 4.78 is 1.62. The first-order chi connectivity index (χ1) is 11.0. The minimum Gasteiger partial charge on any atom is -0.363 e. The van der Waals surface area contributed by atoms with E-state index in [4.69, 9.17) is 0 Å². The Balaban J connectivity index is 1.80. The summed E-state index contributed by atoms with van der Waals surface area (Å²) >= 11 is 0. The van der Waals surface area contributed by atoms with Crippen LogP contribution in [0.15, 0.2) is 24.5 Å². The van der Waals surface area contributed by atoms with Crippen molar-refractivity contribution in [3.63, 3.8) is 0 Å². The van der Waals surface area contributed by atoms with Gasteiger partial charge >= 0.3 is 0 Å². The molecule has 2 aromatic rings. The lowest BCUT2D eigenvalue weighted by atomic mass is 10.3. The molecule has 0 saturated carbocycles. The Morgan fingerprint density at radius 3 is 2.78 bits per heavy atom. The number of anilines is 2. The summed E-state index contributed by atoms with van der Waals surface area (Å²) in [6.07, 6.45) is 3.43. The van der Waals surface area contributed by atoms with Crippen molar-refractivity contribution in [1.29, 1.82) is 0 Å². The van der Waals surface area contributed by atoms with Crippen molar-refractivity contribution in [3.05, 3.63) is 30.2 Å². The fourth-order valence-corrected chi connectivity index (χ4v) is 2.00. The Morgan fingerprint density at radius 2 is 2.13 bits per heavy atom. The maximum atomic E-state index is 12.0. The van der Waals surface area contributed by atoms with Crippen LogP contribution in [0.3, 0.4) is 0 Å². The van der Waals surface area contributed by atoms with Gasteiger partial charge < -0.3 is 15.5 Å².